The highest BCUT2D eigenvalue weighted by Gasteiger charge is 2.28. The van der Waals surface area contributed by atoms with Crippen molar-refractivity contribution in [2.24, 2.45) is 5.92 Å². The number of likely N-dealkylation sites (tertiary alicyclic amines) is 1. The zero-order chi connectivity index (χ0) is 24.1. The van der Waals surface area contributed by atoms with Crippen LogP contribution in [0.25, 0.3) is 11.6 Å². The van der Waals surface area contributed by atoms with E-state index in [0.29, 0.717) is 24.8 Å². The molecule has 1 saturated heterocycles. The number of piperidine rings is 1. The summed E-state index contributed by atoms with van der Waals surface area (Å²) in [7, 11) is 1.79. The van der Waals surface area contributed by atoms with Crippen molar-refractivity contribution < 1.29 is 18.1 Å². The van der Waals surface area contributed by atoms with Gasteiger partial charge < -0.3 is 20.1 Å². The van der Waals surface area contributed by atoms with Crippen LogP contribution in [0.2, 0.25) is 0 Å². The molecular formula is C21H24F2N8O2S. The van der Waals surface area contributed by atoms with Crippen molar-refractivity contribution in [2.75, 3.05) is 42.3 Å². The lowest BCUT2D eigenvalue weighted by molar-refractivity contribution is 0.0648. The number of nitrogen functional groups attached to an aromatic ring is 1. The normalized spacial score (nSPS) is 14.5. The van der Waals surface area contributed by atoms with E-state index < -0.39 is 6.43 Å². The number of benzene rings is 1. The Labute approximate surface area is 199 Å². The number of halogens is 2. The van der Waals surface area contributed by atoms with Gasteiger partial charge in [0, 0.05) is 25.8 Å². The fraction of sp³-hybridized carbons (Fsp3) is 0.429. The molecule has 1 amide bonds. The maximum atomic E-state index is 12.8. The molecular weight excluding hydrogens is 466 g/mol. The number of nitrogens with zero attached hydrogens (tertiary/aromatic N) is 7. The summed E-state index contributed by atoms with van der Waals surface area (Å²) in [5, 5.41) is 3.85. The third-order valence-corrected chi connectivity index (χ3v) is 6.59. The van der Waals surface area contributed by atoms with Gasteiger partial charge in [-0.25, -0.2) is 8.78 Å². The Balaban J connectivity index is 1.41. The number of anilines is 3. The Morgan fingerprint density at radius 1 is 1.18 bits per heavy atom. The fourth-order valence-electron chi connectivity index (χ4n) is 3.56. The maximum Gasteiger partial charge on any atom is 0.316 e. The van der Waals surface area contributed by atoms with Crippen LogP contribution in [0.15, 0.2) is 34.9 Å². The number of hydrogen-bond acceptors (Lipinski definition) is 10. The largest absolute Gasteiger partial charge is 0.368 e. The third-order valence-electron chi connectivity index (χ3n) is 5.39. The second-order valence-corrected chi connectivity index (χ2v) is 8.87. The van der Waals surface area contributed by atoms with Gasteiger partial charge in [-0.3, -0.25) is 4.79 Å². The van der Waals surface area contributed by atoms with Crippen molar-refractivity contribution >= 4 is 35.3 Å². The van der Waals surface area contributed by atoms with Gasteiger partial charge >= 0.3 is 11.8 Å². The van der Waals surface area contributed by atoms with Gasteiger partial charge in [-0.1, -0.05) is 23.4 Å². The third kappa shape index (κ3) is 5.76. The number of hydrogen-bond donors (Lipinski definition) is 1. The fourth-order valence-corrected chi connectivity index (χ4v) is 4.54. The number of thioether (sulfide) groups is 1. The molecule has 1 aliphatic rings. The number of nitrogens with two attached hydrogens (primary N) is 1. The van der Waals surface area contributed by atoms with Gasteiger partial charge in [-0.05, 0) is 36.6 Å². The van der Waals surface area contributed by atoms with E-state index in [0.717, 1.165) is 18.5 Å². The van der Waals surface area contributed by atoms with Gasteiger partial charge in [0.05, 0.1) is 5.75 Å². The topological polar surface area (TPSA) is 127 Å². The van der Waals surface area contributed by atoms with E-state index in [9.17, 15) is 13.6 Å². The number of aromatic nitrogens is 5. The van der Waals surface area contributed by atoms with Crippen LogP contribution in [-0.4, -0.2) is 74.0 Å². The molecule has 4 rings (SSSR count). The Morgan fingerprint density at radius 3 is 2.62 bits per heavy atom. The van der Waals surface area contributed by atoms with E-state index in [1.807, 2.05) is 30.3 Å². The highest BCUT2D eigenvalue weighted by Crippen LogP contribution is 2.25. The van der Waals surface area contributed by atoms with Crippen LogP contribution in [0, 0.1) is 5.92 Å². The van der Waals surface area contributed by atoms with Gasteiger partial charge in [0.1, 0.15) is 0 Å². The van der Waals surface area contributed by atoms with Crippen LogP contribution in [0.3, 0.4) is 0 Å². The minimum absolute atomic E-state index is 0.0211. The van der Waals surface area contributed by atoms with Crippen molar-refractivity contribution in [1.82, 2.24) is 30.0 Å². The van der Waals surface area contributed by atoms with Crippen molar-refractivity contribution in [3.8, 4) is 11.6 Å². The molecule has 0 saturated carbocycles. The van der Waals surface area contributed by atoms with Gasteiger partial charge in [0.2, 0.25) is 30.0 Å². The summed E-state index contributed by atoms with van der Waals surface area (Å²) in [6, 6.07) is 9.47. The number of carbonyl (C=O) groups is 1. The molecule has 0 bridgehead atoms. The van der Waals surface area contributed by atoms with Gasteiger partial charge in [0.25, 0.3) is 0 Å². The SMILES string of the molecule is CN(c1ccccc1)c1nc(N)nc(-c2noc(C(=O)N3CCC(CSCC(F)F)CC3)n2)n1. The molecule has 13 heteroatoms. The van der Waals surface area contributed by atoms with E-state index in [-0.39, 0.29) is 41.1 Å². The molecule has 0 unspecified atom stereocenters. The summed E-state index contributed by atoms with van der Waals surface area (Å²) in [5.41, 5.74) is 6.71. The number of alkyl halides is 2. The van der Waals surface area contributed by atoms with E-state index in [2.05, 4.69) is 25.1 Å². The molecule has 1 fully saturated rings. The summed E-state index contributed by atoms with van der Waals surface area (Å²) in [6.07, 6.45) is -0.822. The monoisotopic (exact) mass is 490 g/mol. The first kappa shape index (κ1) is 23.8. The molecule has 1 aliphatic heterocycles. The highest BCUT2D eigenvalue weighted by molar-refractivity contribution is 7.99. The first-order valence-corrected chi connectivity index (χ1v) is 11.9. The molecule has 3 aromatic rings. The van der Waals surface area contributed by atoms with Gasteiger partial charge in [-0.15, -0.1) is 0 Å². The Bertz CT molecular complexity index is 1110. The second kappa shape index (κ2) is 10.7. The lowest BCUT2D eigenvalue weighted by Gasteiger charge is -2.30. The minimum Gasteiger partial charge on any atom is -0.368 e. The lowest BCUT2D eigenvalue weighted by atomic mass is 9.99. The molecule has 2 N–H and O–H groups in total. The van der Waals surface area contributed by atoms with Crippen LogP contribution >= 0.6 is 11.8 Å². The summed E-state index contributed by atoms with van der Waals surface area (Å²) in [4.78, 5) is 33.0. The number of rotatable bonds is 8. The zero-order valence-corrected chi connectivity index (χ0v) is 19.3. The number of amides is 1. The quantitative estimate of drug-likeness (QED) is 0.503. The molecule has 180 valence electrons. The minimum atomic E-state index is -2.30. The van der Waals surface area contributed by atoms with E-state index in [4.69, 9.17) is 10.3 Å². The summed E-state index contributed by atoms with van der Waals surface area (Å²) in [6.45, 7) is 1.00. The highest BCUT2D eigenvalue weighted by atomic mass is 32.2. The standard InChI is InChI=1S/C21H24F2N8O2S/c1-30(14-5-3-2-4-6-14)21-27-16(26-20(24)28-21)17-25-18(33-29-17)19(32)31-9-7-13(8-10-31)11-34-12-15(22)23/h2-6,13,15H,7-12H2,1H3,(H2,24,26,27,28). The van der Waals surface area contributed by atoms with Crippen LogP contribution in [0.5, 0.6) is 0 Å². The summed E-state index contributed by atoms with van der Waals surface area (Å²) < 4.78 is 29.8. The molecule has 0 radical (unpaired) electrons. The van der Waals surface area contributed by atoms with Crippen LogP contribution in [-0.2, 0) is 0 Å². The Kier molecular flexibility index (Phi) is 7.50. The van der Waals surface area contributed by atoms with Crippen molar-refractivity contribution in [2.45, 2.75) is 19.3 Å². The van der Waals surface area contributed by atoms with Crippen molar-refractivity contribution in [1.29, 1.82) is 0 Å². The molecule has 0 atom stereocenters. The second-order valence-electron chi connectivity index (χ2n) is 7.80. The summed E-state index contributed by atoms with van der Waals surface area (Å²) in [5.74, 6) is 0.635. The maximum absolute atomic E-state index is 12.8. The predicted molar refractivity (Wildman–Crippen MR) is 124 cm³/mol. The average molecular weight is 491 g/mol. The first-order chi connectivity index (χ1) is 16.4. The van der Waals surface area contributed by atoms with Crippen LogP contribution < -0.4 is 10.6 Å². The molecule has 0 spiro atoms. The van der Waals surface area contributed by atoms with Gasteiger partial charge in [0.15, 0.2) is 0 Å². The van der Waals surface area contributed by atoms with E-state index in [1.165, 1.54) is 11.8 Å². The summed E-state index contributed by atoms with van der Waals surface area (Å²) >= 11 is 1.25. The first-order valence-electron chi connectivity index (χ1n) is 10.7. The van der Waals surface area contributed by atoms with Crippen LogP contribution in [0.1, 0.15) is 23.5 Å². The van der Waals surface area contributed by atoms with Crippen LogP contribution in [0.4, 0.5) is 26.4 Å². The predicted octanol–water partition coefficient (Wildman–Crippen LogP) is 3.12. The van der Waals surface area contributed by atoms with E-state index >= 15 is 0 Å². The smallest absolute Gasteiger partial charge is 0.316 e. The molecule has 2 aromatic heterocycles. The number of carbonyl (C=O) groups excluding carboxylic acids is 1. The Morgan fingerprint density at radius 2 is 1.91 bits per heavy atom. The molecule has 34 heavy (non-hydrogen) atoms. The van der Waals surface area contributed by atoms with Gasteiger partial charge in [-0.2, -0.15) is 31.7 Å². The Hall–Kier alpha value is -3.35. The number of para-hydroxylation sites is 1. The molecule has 10 nitrogen and oxygen atoms in total. The zero-order valence-electron chi connectivity index (χ0n) is 18.5. The average Bonchev–Trinajstić information content (AvgIpc) is 3.34. The molecule has 0 aliphatic carbocycles. The lowest BCUT2D eigenvalue weighted by Crippen LogP contribution is -2.39. The van der Waals surface area contributed by atoms with Crippen molar-refractivity contribution in [3.05, 3.63) is 36.2 Å². The van der Waals surface area contributed by atoms with Crippen molar-refractivity contribution in [3.63, 3.8) is 0 Å². The van der Waals surface area contributed by atoms with E-state index in [1.54, 1.807) is 16.8 Å². The molecule has 1 aromatic carbocycles. The molecule has 3 heterocycles.